The molecule has 0 fully saturated rings. The predicted octanol–water partition coefficient (Wildman–Crippen LogP) is 2.93. The van der Waals surface area contributed by atoms with Crippen molar-refractivity contribution in [2.75, 3.05) is 0 Å². The normalized spacial score (nSPS) is 14.9. The van der Waals surface area contributed by atoms with E-state index in [4.69, 9.17) is 0 Å². The van der Waals surface area contributed by atoms with Gasteiger partial charge in [0.05, 0.1) is 6.10 Å². The summed E-state index contributed by atoms with van der Waals surface area (Å²) in [5, 5.41) is 9.87. The summed E-state index contributed by atoms with van der Waals surface area (Å²) in [6, 6.07) is 9.74. The van der Waals surface area contributed by atoms with Gasteiger partial charge in [0.25, 0.3) is 0 Å². The zero-order valence-electron chi connectivity index (χ0n) is 7.98. The lowest BCUT2D eigenvalue weighted by molar-refractivity contribution is 0.119. The van der Waals surface area contributed by atoms with E-state index >= 15 is 0 Å². The zero-order chi connectivity index (χ0) is 9.68. The molecule has 1 unspecified atom stereocenters. The Bertz CT molecular complexity index is 253. The summed E-state index contributed by atoms with van der Waals surface area (Å²) >= 11 is 0. The highest BCUT2D eigenvalue weighted by Crippen LogP contribution is 2.23. The van der Waals surface area contributed by atoms with Crippen LogP contribution < -0.4 is 0 Å². The van der Waals surface area contributed by atoms with Crippen molar-refractivity contribution in [2.45, 2.75) is 19.4 Å². The zero-order valence-corrected chi connectivity index (χ0v) is 7.98. The fourth-order valence-electron chi connectivity index (χ4n) is 1.37. The molecule has 1 nitrogen and oxygen atoms in total. The topological polar surface area (TPSA) is 20.2 Å². The molecule has 0 spiro atoms. The highest BCUT2D eigenvalue weighted by molar-refractivity contribution is 5.17. The molecular weight excluding hydrogens is 160 g/mol. The molecule has 70 valence electrons. The average molecular weight is 176 g/mol. The lowest BCUT2D eigenvalue weighted by atomic mass is 9.95. The fraction of sp³-hybridized carbons (Fsp3) is 0.333. The smallest absolute Gasteiger partial charge is 0.0818 e. The van der Waals surface area contributed by atoms with Gasteiger partial charge in [-0.1, -0.05) is 43.3 Å². The third-order valence-electron chi connectivity index (χ3n) is 2.22. The molecule has 0 heterocycles. The van der Waals surface area contributed by atoms with Gasteiger partial charge in [-0.05, 0) is 17.9 Å². The first kappa shape index (κ1) is 10.0. The Balaban J connectivity index is 2.67. The van der Waals surface area contributed by atoms with Crippen LogP contribution >= 0.6 is 0 Å². The molecule has 0 aromatic heterocycles. The Morgan fingerprint density at radius 2 is 2.00 bits per heavy atom. The van der Waals surface area contributed by atoms with E-state index in [-0.39, 0.29) is 12.0 Å². The molecule has 0 amide bonds. The molecule has 13 heavy (non-hydrogen) atoms. The summed E-state index contributed by atoms with van der Waals surface area (Å²) in [5.41, 5.74) is 0.983. The minimum atomic E-state index is -0.376. The van der Waals surface area contributed by atoms with E-state index in [1.807, 2.05) is 43.3 Å². The van der Waals surface area contributed by atoms with Gasteiger partial charge in [0.15, 0.2) is 0 Å². The van der Waals surface area contributed by atoms with Crippen LogP contribution in [-0.4, -0.2) is 5.11 Å². The molecule has 1 rings (SSSR count). The van der Waals surface area contributed by atoms with Crippen LogP contribution in [0.1, 0.15) is 25.0 Å². The lowest BCUT2D eigenvalue weighted by Gasteiger charge is -2.17. The minimum absolute atomic E-state index is 0.236. The molecule has 0 aliphatic heterocycles. The summed E-state index contributed by atoms with van der Waals surface area (Å²) in [4.78, 5) is 0. The van der Waals surface area contributed by atoms with Crippen molar-refractivity contribution in [3.8, 4) is 0 Å². The molecule has 1 heteroatoms. The van der Waals surface area contributed by atoms with Crippen LogP contribution in [0.25, 0.3) is 0 Å². The van der Waals surface area contributed by atoms with Gasteiger partial charge in [-0.25, -0.2) is 0 Å². The Hall–Kier alpha value is -1.08. The maximum Gasteiger partial charge on any atom is 0.0818 e. The third kappa shape index (κ3) is 2.71. The van der Waals surface area contributed by atoms with Crippen molar-refractivity contribution < 1.29 is 5.11 Å². The highest BCUT2D eigenvalue weighted by Gasteiger charge is 2.13. The SMILES string of the molecule is C=CCC(C)[C@@H](O)c1ccccc1. The molecule has 0 radical (unpaired) electrons. The van der Waals surface area contributed by atoms with E-state index in [2.05, 4.69) is 6.58 Å². The van der Waals surface area contributed by atoms with Crippen LogP contribution in [0.15, 0.2) is 43.0 Å². The van der Waals surface area contributed by atoms with Gasteiger partial charge in [0.1, 0.15) is 0 Å². The molecule has 0 aliphatic carbocycles. The van der Waals surface area contributed by atoms with Gasteiger partial charge in [0, 0.05) is 0 Å². The number of hydrogen-bond donors (Lipinski definition) is 1. The van der Waals surface area contributed by atoms with Crippen molar-refractivity contribution in [1.29, 1.82) is 0 Å². The van der Waals surface area contributed by atoms with Crippen molar-refractivity contribution in [1.82, 2.24) is 0 Å². The second-order valence-corrected chi connectivity index (χ2v) is 3.36. The van der Waals surface area contributed by atoms with Gasteiger partial charge in [-0.15, -0.1) is 6.58 Å². The molecule has 1 aromatic rings. The van der Waals surface area contributed by atoms with E-state index in [1.165, 1.54) is 0 Å². The molecule has 0 saturated heterocycles. The number of benzene rings is 1. The predicted molar refractivity (Wildman–Crippen MR) is 55.4 cm³/mol. The van der Waals surface area contributed by atoms with E-state index in [1.54, 1.807) is 0 Å². The van der Waals surface area contributed by atoms with E-state index < -0.39 is 0 Å². The average Bonchev–Trinajstić information content (AvgIpc) is 2.18. The molecule has 0 bridgehead atoms. The number of rotatable bonds is 4. The fourth-order valence-corrected chi connectivity index (χ4v) is 1.37. The Morgan fingerprint density at radius 3 is 2.54 bits per heavy atom. The first-order valence-electron chi connectivity index (χ1n) is 4.59. The summed E-state index contributed by atoms with van der Waals surface area (Å²) in [5.74, 6) is 0.236. The summed E-state index contributed by atoms with van der Waals surface area (Å²) < 4.78 is 0. The first-order valence-corrected chi connectivity index (χ1v) is 4.59. The summed E-state index contributed by atoms with van der Waals surface area (Å²) in [6.07, 6.45) is 2.31. The molecule has 1 aromatic carbocycles. The molecule has 2 atom stereocenters. The maximum absolute atomic E-state index is 9.87. The van der Waals surface area contributed by atoms with E-state index in [0.29, 0.717) is 0 Å². The monoisotopic (exact) mass is 176 g/mol. The molecule has 1 N–H and O–H groups in total. The van der Waals surface area contributed by atoms with Crippen LogP contribution in [0.3, 0.4) is 0 Å². The Kier molecular flexibility index (Phi) is 3.71. The largest absolute Gasteiger partial charge is 0.388 e. The van der Waals surface area contributed by atoms with Crippen molar-refractivity contribution >= 4 is 0 Å². The van der Waals surface area contributed by atoms with Gasteiger partial charge in [-0.2, -0.15) is 0 Å². The van der Waals surface area contributed by atoms with Gasteiger partial charge < -0.3 is 5.11 Å². The summed E-state index contributed by atoms with van der Waals surface area (Å²) in [6.45, 7) is 5.69. The summed E-state index contributed by atoms with van der Waals surface area (Å²) in [7, 11) is 0. The first-order chi connectivity index (χ1) is 6.25. The Morgan fingerprint density at radius 1 is 1.38 bits per heavy atom. The van der Waals surface area contributed by atoms with Crippen LogP contribution in [0.4, 0.5) is 0 Å². The lowest BCUT2D eigenvalue weighted by Crippen LogP contribution is -2.07. The van der Waals surface area contributed by atoms with Crippen LogP contribution in [0.5, 0.6) is 0 Å². The highest BCUT2D eigenvalue weighted by atomic mass is 16.3. The van der Waals surface area contributed by atoms with Crippen molar-refractivity contribution in [3.63, 3.8) is 0 Å². The van der Waals surface area contributed by atoms with Gasteiger partial charge in [0.2, 0.25) is 0 Å². The second kappa shape index (κ2) is 4.83. The Labute approximate surface area is 79.7 Å². The van der Waals surface area contributed by atoms with Crippen molar-refractivity contribution in [3.05, 3.63) is 48.6 Å². The standard InChI is InChI=1S/C12H16O/c1-3-7-10(2)12(13)11-8-5-4-6-9-11/h3-6,8-10,12-13H,1,7H2,2H3/t10?,12-/m1/s1. The molecule has 0 aliphatic rings. The van der Waals surface area contributed by atoms with Crippen LogP contribution in [0, 0.1) is 5.92 Å². The number of allylic oxidation sites excluding steroid dienone is 1. The number of aliphatic hydroxyl groups is 1. The van der Waals surface area contributed by atoms with E-state index in [9.17, 15) is 5.11 Å². The second-order valence-electron chi connectivity index (χ2n) is 3.36. The maximum atomic E-state index is 9.87. The van der Waals surface area contributed by atoms with E-state index in [0.717, 1.165) is 12.0 Å². The van der Waals surface area contributed by atoms with Crippen LogP contribution in [-0.2, 0) is 0 Å². The number of aliphatic hydroxyl groups excluding tert-OH is 1. The van der Waals surface area contributed by atoms with Crippen molar-refractivity contribution in [2.24, 2.45) is 5.92 Å². The number of hydrogen-bond acceptors (Lipinski definition) is 1. The molecule has 0 saturated carbocycles. The molecular formula is C12H16O. The minimum Gasteiger partial charge on any atom is -0.388 e. The van der Waals surface area contributed by atoms with Gasteiger partial charge in [-0.3, -0.25) is 0 Å². The van der Waals surface area contributed by atoms with Gasteiger partial charge >= 0.3 is 0 Å². The third-order valence-corrected chi connectivity index (χ3v) is 2.22. The van der Waals surface area contributed by atoms with Crippen LogP contribution in [0.2, 0.25) is 0 Å². The quantitative estimate of drug-likeness (QED) is 0.699.